The molecule has 27 heavy (non-hydrogen) atoms. The van der Waals surface area contributed by atoms with Crippen LogP contribution in [0.3, 0.4) is 0 Å². The summed E-state index contributed by atoms with van der Waals surface area (Å²) in [7, 11) is 0. The second kappa shape index (κ2) is 7.72. The molecule has 2 heterocycles. The molecule has 0 spiro atoms. The molecule has 12 heteroatoms. The molecule has 0 aliphatic heterocycles. The SMILES string of the molecule is CC(C)c1c(C(=O)N/N=C\c2c(Cl)cccc2Cl)nnn1-c1nonc1N. The summed E-state index contributed by atoms with van der Waals surface area (Å²) in [6.07, 6.45) is 1.35. The topological polar surface area (TPSA) is 137 Å². The van der Waals surface area contributed by atoms with Crippen LogP contribution >= 0.6 is 23.2 Å². The molecule has 0 saturated heterocycles. The van der Waals surface area contributed by atoms with Gasteiger partial charge < -0.3 is 5.73 Å². The van der Waals surface area contributed by atoms with Gasteiger partial charge in [-0.05, 0) is 28.4 Å². The molecule has 0 unspecified atom stereocenters. The van der Waals surface area contributed by atoms with Gasteiger partial charge in [-0.1, -0.05) is 48.3 Å². The maximum absolute atomic E-state index is 12.5. The van der Waals surface area contributed by atoms with Crippen molar-refractivity contribution in [2.24, 2.45) is 5.10 Å². The zero-order valence-corrected chi connectivity index (χ0v) is 15.7. The van der Waals surface area contributed by atoms with E-state index in [2.05, 4.69) is 35.8 Å². The minimum absolute atomic E-state index is 0.0279. The first-order valence-corrected chi connectivity index (χ1v) is 8.47. The Morgan fingerprint density at radius 2 is 2.04 bits per heavy atom. The van der Waals surface area contributed by atoms with Crippen LogP contribution in [0.2, 0.25) is 10.0 Å². The van der Waals surface area contributed by atoms with Gasteiger partial charge in [0.25, 0.3) is 5.91 Å². The number of anilines is 1. The van der Waals surface area contributed by atoms with E-state index < -0.39 is 5.91 Å². The molecular formula is C15H14Cl2N8O2. The summed E-state index contributed by atoms with van der Waals surface area (Å²) in [5, 5.41) is 19.7. The average molecular weight is 409 g/mol. The van der Waals surface area contributed by atoms with Crippen LogP contribution in [0.1, 0.15) is 41.5 Å². The van der Waals surface area contributed by atoms with E-state index in [0.717, 1.165) is 0 Å². The Morgan fingerprint density at radius 1 is 1.33 bits per heavy atom. The van der Waals surface area contributed by atoms with Crippen LogP contribution in [0, 0.1) is 0 Å². The molecule has 3 aromatic rings. The first-order chi connectivity index (χ1) is 12.9. The van der Waals surface area contributed by atoms with Gasteiger partial charge in [-0.25, -0.2) is 10.1 Å². The number of halogens is 2. The van der Waals surface area contributed by atoms with Crippen molar-refractivity contribution in [2.75, 3.05) is 5.73 Å². The smallest absolute Gasteiger partial charge is 0.293 e. The van der Waals surface area contributed by atoms with Crippen LogP contribution < -0.4 is 11.2 Å². The summed E-state index contributed by atoms with van der Waals surface area (Å²) in [6, 6.07) is 5.03. The first-order valence-electron chi connectivity index (χ1n) is 7.71. The zero-order chi connectivity index (χ0) is 19.6. The number of rotatable bonds is 5. The van der Waals surface area contributed by atoms with Crippen LogP contribution in [0.4, 0.5) is 5.82 Å². The number of nitrogens with two attached hydrogens (primary N) is 1. The van der Waals surface area contributed by atoms with Crippen molar-refractivity contribution in [3.8, 4) is 5.82 Å². The minimum atomic E-state index is -0.570. The Labute approximate surface area is 163 Å². The van der Waals surface area contributed by atoms with Crippen molar-refractivity contribution in [3.63, 3.8) is 0 Å². The fourth-order valence-corrected chi connectivity index (χ4v) is 2.80. The van der Waals surface area contributed by atoms with Crippen molar-refractivity contribution in [1.82, 2.24) is 30.7 Å². The lowest BCUT2D eigenvalue weighted by Gasteiger charge is -2.08. The van der Waals surface area contributed by atoms with Crippen molar-refractivity contribution in [3.05, 3.63) is 45.2 Å². The standard InChI is InChI=1S/C15H14Cl2N8O2/c1-7(2)12-11(20-24-25(12)14-13(18)22-27-23-14)15(26)21-19-6-8-9(16)4-3-5-10(8)17/h3-7H,1-2H3,(H2,18,22)(H,21,26)/b19-6-. The molecule has 140 valence electrons. The lowest BCUT2D eigenvalue weighted by Crippen LogP contribution is -2.21. The highest BCUT2D eigenvalue weighted by atomic mass is 35.5. The Morgan fingerprint density at radius 3 is 2.63 bits per heavy atom. The zero-order valence-electron chi connectivity index (χ0n) is 14.2. The summed E-state index contributed by atoms with van der Waals surface area (Å²) in [5.74, 6) is -0.519. The van der Waals surface area contributed by atoms with Crippen LogP contribution in [-0.4, -0.2) is 37.4 Å². The third-order valence-electron chi connectivity index (χ3n) is 3.52. The van der Waals surface area contributed by atoms with Crippen LogP contribution in [-0.2, 0) is 0 Å². The summed E-state index contributed by atoms with van der Waals surface area (Å²) in [6.45, 7) is 3.73. The van der Waals surface area contributed by atoms with Crippen LogP contribution in [0.15, 0.2) is 27.9 Å². The molecule has 0 aliphatic rings. The molecule has 0 radical (unpaired) electrons. The summed E-state index contributed by atoms with van der Waals surface area (Å²) in [5.41, 5.74) is 9.09. The maximum atomic E-state index is 12.5. The van der Waals surface area contributed by atoms with Gasteiger partial charge in [0, 0.05) is 5.56 Å². The van der Waals surface area contributed by atoms with Gasteiger partial charge in [0.05, 0.1) is 22.0 Å². The van der Waals surface area contributed by atoms with Crippen LogP contribution in [0.25, 0.3) is 5.82 Å². The number of amides is 1. The van der Waals surface area contributed by atoms with E-state index in [9.17, 15) is 4.79 Å². The highest BCUT2D eigenvalue weighted by Gasteiger charge is 2.25. The third-order valence-corrected chi connectivity index (χ3v) is 4.18. The quantitative estimate of drug-likeness (QED) is 0.488. The molecule has 1 amide bonds. The number of nitrogen functional groups attached to an aromatic ring is 1. The van der Waals surface area contributed by atoms with Gasteiger partial charge in [-0.15, -0.1) is 5.10 Å². The van der Waals surface area contributed by atoms with Crippen molar-refractivity contribution < 1.29 is 9.42 Å². The maximum Gasteiger partial charge on any atom is 0.293 e. The molecule has 3 rings (SSSR count). The van der Waals surface area contributed by atoms with Crippen LogP contribution in [0.5, 0.6) is 0 Å². The molecule has 3 N–H and O–H groups in total. The summed E-state index contributed by atoms with van der Waals surface area (Å²) >= 11 is 12.1. The summed E-state index contributed by atoms with van der Waals surface area (Å²) < 4.78 is 5.88. The van der Waals surface area contributed by atoms with E-state index in [-0.39, 0.29) is 23.2 Å². The van der Waals surface area contributed by atoms with Gasteiger partial charge in [0.2, 0.25) is 11.6 Å². The van der Waals surface area contributed by atoms with E-state index in [1.165, 1.54) is 10.9 Å². The number of carbonyl (C=O) groups is 1. The number of benzene rings is 1. The number of nitrogens with one attached hydrogen (secondary N) is 1. The van der Waals surface area contributed by atoms with Gasteiger partial charge >= 0.3 is 0 Å². The Hall–Kier alpha value is -2.98. The molecule has 0 saturated carbocycles. The third kappa shape index (κ3) is 3.76. The van der Waals surface area contributed by atoms with Gasteiger partial charge in [-0.3, -0.25) is 4.79 Å². The largest absolute Gasteiger partial charge is 0.378 e. The highest BCUT2D eigenvalue weighted by Crippen LogP contribution is 2.23. The molecule has 0 aliphatic carbocycles. The van der Waals surface area contributed by atoms with E-state index >= 15 is 0 Å². The second-order valence-electron chi connectivity index (χ2n) is 5.70. The Balaban J connectivity index is 1.86. The van der Waals surface area contributed by atoms with E-state index in [4.69, 9.17) is 28.9 Å². The second-order valence-corrected chi connectivity index (χ2v) is 6.51. The lowest BCUT2D eigenvalue weighted by molar-refractivity contribution is 0.0948. The fraction of sp³-hybridized carbons (Fsp3) is 0.200. The number of nitrogens with zero attached hydrogens (tertiary/aromatic N) is 6. The Bertz CT molecular complexity index is 991. The molecule has 0 fully saturated rings. The van der Waals surface area contributed by atoms with Crippen molar-refractivity contribution in [1.29, 1.82) is 0 Å². The first kappa shape index (κ1) is 18.8. The lowest BCUT2D eigenvalue weighted by atomic mass is 10.1. The molecule has 10 nitrogen and oxygen atoms in total. The number of hydrazone groups is 1. The molecule has 1 aromatic carbocycles. The molecule has 2 aromatic heterocycles. The predicted molar refractivity (Wildman–Crippen MR) is 99.2 cm³/mol. The van der Waals surface area contributed by atoms with Crippen molar-refractivity contribution >= 4 is 41.1 Å². The van der Waals surface area contributed by atoms with Gasteiger partial charge in [0.1, 0.15) is 0 Å². The minimum Gasteiger partial charge on any atom is -0.378 e. The monoisotopic (exact) mass is 408 g/mol. The number of hydrogen-bond acceptors (Lipinski definition) is 8. The van der Waals surface area contributed by atoms with Gasteiger partial charge in [-0.2, -0.15) is 9.78 Å². The average Bonchev–Trinajstić information content (AvgIpc) is 3.23. The van der Waals surface area contributed by atoms with E-state index in [1.807, 2.05) is 13.8 Å². The number of aromatic nitrogens is 5. The highest BCUT2D eigenvalue weighted by molar-refractivity contribution is 6.38. The number of carbonyl (C=O) groups excluding carboxylic acids is 1. The molecule has 0 atom stereocenters. The summed E-state index contributed by atoms with van der Waals surface area (Å²) in [4.78, 5) is 12.5. The fourth-order valence-electron chi connectivity index (χ4n) is 2.31. The van der Waals surface area contributed by atoms with E-state index in [1.54, 1.807) is 18.2 Å². The Kier molecular flexibility index (Phi) is 5.38. The van der Waals surface area contributed by atoms with Gasteiger partial charge in [0.15, 0.2) is 5.69 Å². The van der Waals surface area contributed by atoms with E-state index in [0.29, 0.717) is 21.3 Å². The number of hydrogen-bond donors (Lipinski definition) is 2. The predicted octanol–water partition coefficient (Wildman–Crippen LogP) is 2.43. The molecule has 0 bridgehead atoms. The normalized spacial score (nSPS) is 11.4. The molecular weight excluding hydrogens is 395 g/mol. The van der Waals surface area contributed by atoms with Crippen molar-refractivity contribution in [2.45, 2.75) is 19.8 Å².